The van der Waals surface area contributed by atoms with Gasteiger partial charge < -0.3 is 24.8 Å². The number of aromatic nitrogens is 2. The fourth-order valence-corrected chi connectivity index (χ4v) is 4.13. The van der Waals surface area contributed by atoms with Crippen LogP contribution in [-0.4, -0.2) is 82.3 Å². The molecule has 1 aromatic heterocycles. The van der Waals surface area contributed by atoms with Crippen LogP contribution in [0.4, 0.5) is 0 Å². The monoisotopic (exact) mass is 463 g/mol. The van der Waals surface area contributed by atoms with Crippen molar-refractivity contribution in [3.8, 4) is 11.5 Å². The fourth-order valence-electron chi connectivity index (χ4n) is 4.13. The van der Waals surface area contributed by atoms with Gasteiger partial charge >= 0.3 is 0 Å². The number of para-hydroxylation sites is 2. The number of nitrogens with zero attached hydrogens (tertiary/aromatic N) is 4. The molecule has 1 saturated heterocycles. The molecule has 0 bridgehead atoms. The van der Waals surface area contributed by atoms with Gasteiger partial charge in [0.25, 0.3) is 5.91 Å². The van der Waals surface area contributed by atoms with Crippen molar-refractivity contribution < 1.29 is 24.2 Å². The second kappa shape index (κ2) is 9.62. The summed E-state index contributed by atoms with van der Waals surface area (Å²) in [6.07, 6.45) is 1.37. The molecule has 0 unspecified atom stereocenters. The lowest BCUT2D eigenvalue weighted by Crippen LogP contribution is -2.55. The second-order valence-corrected chi connectivity index (χ2v) is 8.24. The Bertz CT molecular complexity index is 1210. The van der Waals surface area contributed by atoms with Crippen molar-refractivity contribution in [2.45, 2.75) is 12.6 Å². The van der Waals surface area contributed by atoms with Gasteiger partial charge in [0, 0.05) is 32.7 Å². The average Bonchev–Trinajstić information content (AvgIpc) is 3.35. The number of ether oxygens (including phenoxy) is 2. The summed E-state index contributed by atoms with van der Waals surface area (Å²) in [6.45, 7) is 2.86. The molecule has 1 fully saturated rings. The first kappa shape index (κ1) is 22.1. The van der Waals surface area contributed by atoms with Crippen LogP contribution in [0, 0.1) is 0 Å². The van der Waals surface area contributed by atoms with Crippen LogP contribution in [0.25, 0.3) is 11.0 Å². The van der Waals surface area contributed by atoms with Crippen LogP contribution in [-0.2, 0) is 11.3 Å². The van der Waals surface area contributed by atoms with E-state index in [-0.39, 0.29) is 18.4 Å². The van der Waals surface area contributed by atoms with Gasteiger partial charge in [0.2, 0.25) is 12.7 Å². The van der Waals surface area contributed by atoms with Gasteiger partial charge in [-0.15, -0.1) is 0 Å². The van der Waals surface area contributed by atoms with Gasteiger partial charge in [-0.2, -0.15) is 0 Å². The number of aliphatic hydroxyl groups is 1. The molecule has 2 aliphatic rings. The van der Waals surface area contributed by atoms with E-state index in [0.717, 1.165) is 23.6 Å². The highest BCUT2D eigenvalue weighted by Gasteiger charge is 2.29. The molecule has 0 aliphatic carbocycles. The minimum atomic E-state index is -1.04. The Kier molecular flexibility index (Phi) is 6.24. The molecule has 3 heterocycles. The number of amides is 2. The molecular formula is C24H25N5O5. The number of aliphatic hydroxyl groups excluding tert-OH is 1. The van der Waals surface area contributed by atoms with Gasteiger partial charge in [-0.1, -0.05) is 18.2 Å². The average molecular weight is 463 g/mol. The standard InChI is InChI=1S/C24H25N5O5/c30-14-20(27-23(31)19-12-25-17-3-1-2-4-18(17)26-19)24(32)29-9-7-28(8-10-29)13-16-5-6-21-22(11-16)34-15-33-21/h1-6,11-12,20,30H,7-10,13-15H2,(H,27,31)/t20-/m0/s1. The van der Waals surface area contributed by atoms with Gasteiger partial charge in [0.15, 0.2) is 11.5 Å². The number of hydrogen-bond donors (Lipinski definition) is 2. The van der Waals surface area contributed by atoms with Crippen molar-refractivity contribution in [1.29, 1.82) is 0 Å². The summed E-state index contributed by atoms with van der Waals surface area (Å²) in [6, 6.07) is 12.1. The number of carbonyl (C=O) groups is 2. The molecule has 2 N–H and O–H groups in total. The van der Waals surface area contributed by atoms with E-state index in [1.807, 2.05) is 30.3 Å². The summed E-state index contributed by atoms with van der Waals surface area (Å²) in [5.41, 5.74) is 2.47. The van der Waals surface area contributed by atoms with Crippen LogP contribution >= 0.6 is 0 Å². The predicted octanol–water partition coefficient (Wildman–Crippen LogP) is 0.794. The van der Waals surface area contributed by atoms with Gasteiger partial charge in [0.1, 0.15) is 11.7 Å². The lowest BCUT2D eigenvalue weighted by atomic mass is 10.1. The Hall–Kier alpha value is -3.76. The Morgan fingerprint density at radius 3 is 2.59 bits per heavy atom. The van der Waals surface area contributed by atoms with Crippen molar-refractivity contribution >= 4 is 22.8 Å². The summed E-state index contributed by atoms with van der Waals surface area (Å²) < 4.78 is 10.8. The number of hydrogen-bond acceptors (Lipinski definition) is 8. The highest BCUT2D eigenvalue weighted by Crippen LogP contribution is 2.32. The maximum absolute atomic E-state index is 13.0. The molecule has 2 aliphatic heterocycles. The van der Waals surface area contributed by atoms with Crippen molar-refractivity contribution in [3.63, 3.8) is 0 Å². The summed E-state index contributed by atoms with van der Waals surface area (Å²) in [7, 11) is 0. The Labute approximate surface area is 196 Å². The van der Waals surface area contributed by atoms with Crippen LogP contribution in [0.15, 0.2) is 48.7 Å². The summed E-state index contributed by atoms with van der Waals surface area (Å²) >= 11 is 0. The largest absolute Gasteiger partial charge is 0.454 e. The van der Waals surface area contributed by atoms with Gasteiger partial charge in [-0.3, -0.25) is 19.5 Å². The smallest absolute Gasteiger partial charge is 0.272 e. The number of benzene rings is 2. The first-order valence-electron chi connectivity index (χ1n) is 11.1. The van der Waals surface area contributed by atoms with E-state index in [1.165, 1.54) is 6.20 Å². The molecular weight excluding hydrogens is 438 g/mol. The molecule has 5 rings (SSSR count). The number of fused-ring (bicyclic) bond motifs is 2. The molecule has 2 aromatic carbocycles. The zero-order chi connectivity index (χ0) is 23.5. The summed E-state index contributed by atoms with van der Waals surface area (Å²) in [5.74, 6) is 0.648. The lowest BCUT2D eigenvalue weighted by molar-refractivity contribution is -0.136. The van der Waals surface area contributed by atoms with E-state index in [2.05, 4.69) is 20.2 Å². The Morgan fingerprint density at radius 1 is 1.03 bits per heavy atom. The first-order chi connectivity index (χ1) is 16.6. The van der Waals surface area contributed by atoms with E-state index in [4.69, 9.17) is 9.47 Å². The van der Waals surface area contributed by atoms with E-state index in [9.17, 15) is 14.7 Å². The molecule has 0 radical (unpaired) electrons. The third kappa shape index (κ3) is 4.63. The lowest BCUT2D eigenvalue weighted by Gasteiger charge is -2.36. The van der Waals surface area contributed by atoms with Crippen LogP contribution in [0.5, 0.6) is 11.5 Å². The minimum Gasteiger partial charge on any atom is -0.454 e. The summed E-state index contributed by atoms with van der Waals surface area (Å²) in [5, 5.41) is 12.4. The quantitative estimate of drug-likeness (QED) is 0.551. The van der Waals surface area contributed by atoms with E-state index in [1.54, 1.807) is 17.0 Å². The zero-order valence-corrected chi connectivity index (χ0v) is 18.5. The number of carbonyl (C=O) groups excluding carboxylic acids is 2. The van der Waals surface area contributed by atoms with Crippen molar-refractivity contribution in [2.75, 3.05) is 39.6 Å². The minimum absolute atomic E-state index is 0.0958. The fraction of sp³-hybridized carbons (Fsp3) is 0.333. The van der Waals surface area contributed by atoms with Gasteiger partial charge in [0.05, 0.1) is 23.8 Å². The number of piperazine rings is 1. The highest BCUT2D eigenvalue weighted by molar-refractivity contribution is 5.97. The van der Waals surface area contributed by atoms with Crippen LogP contribution in [0.1, 0.15) is 16.1 Å². The van der Waals surface area contributed by atoms with Crippen LogP contribution in [0.2, 0.25) is 0 Å². The summed E-state index contributed by atoms with van der Waals surface area (Å²) in [4.78, 5) is 38.1. The van der Waals surface area contributed by atoms with Crippen molar-refractivity contribution in [1.82, 2.24) is 25.1 Å². The van der Waals surface area contributed by atoms with Gasteiger partial charge in [-0.25, -0.2) is 4.98 Å². The molecule has 2 amide bonds. The molecule has 10 heteroatoms. The first-order valence-corrected chi connectivity index (χ1v) is 11.1. The molecule has 0 saturated carbocycles. The normalized spacial score (nSPS) is 16.4. The molecule has 3 aromatic rings. The van der Waals surface area contributed by atoms with Crippen LogP contribution in [0.3, 0.4) is 0 Å². The number of nitrogens with one attached hydrogen (secondary N) is 1. The molecule has 10 nitrogen and oxygen atoms in total. The molecule has 0 spiro atoms. The van der Waals surface area contributed by atoms with Crippen molar-refractivity contribution in [3.05, 3.63) is 59.9 Å². The van der Waals surface area contributed by atoms with Crippen molar-refractivity contribution in [2.24, 2.45) is 0 Å². The highest BCUT2D eigenvalue weighted by atomic mass is 16.7. The number of rotatable bonds is 6. The Morgan fingerprint density at radius 2 is 1.79 bits per heavy atom. The predicted molar refractivity (Wildman–Crippen MR) is 122 cm³/mol. The second-order valence-electron chi connectivity index (χ2n) is 8.24. The third-order valence-electron chi connectivity index (χ3n) is 5.99. The van der Waals surface area contributed by atoms with E-state index < -0.39 is 18.6 Å². The molecule has 176 valence electrons. The SMILES string of the molecule is O=C(N[C@@H](CO)C(=O)N1CCN(Cc2ccc3c(c2)OCO3)CC1)c1cnc2ccccc2n1. The third-order valence-corrected chi connectivity index (χ3v) is 5.99. The molecule has 34 heavy (non-hydrogen) atoms. The topological polar surface area (TPSA) is 117 Å². The maximum atomic E-state index is 13.0. The van der Waals surface area contributed by atoms with Crippen LogP contribution < -0.4 is 14.8 Å². The Balaban J connectivity index is 1.16. The van der Waals surface area contributed by atoms with Gasteiger partial charge in [-0.05, 0) is 29.8 Å². The van der Waals surface area contributed by atoms with E-state index in [0.29, 0.717) is 37.2 Å². The van der Waals surface area contributed by atoms with E-state index >= 15 is 0 Å². The molecule has 1 atom stereocenters. The zero-order valence-electron chi connectivity index (χ0n) is 18.5. The maximum Gasteiger partial charge on any atom is 0.272 e.